The average Bonchev–Trinajstić information content (AvgIpc) is 2.98. The number of carboxylic acid groups (broad SMARTS) is 1. The van der Waals surface area contributed by atoms with Gasteiger partial charge in [0, 0.05) is 17.6 Å². The highest BCUT2D eigenvalue weighted by Gasteiger charge is 2.25. The Balaban J connectivity index is 1.60. The Morgan fingerprint density at radius 3 is 2.44 bits per heavy atom. The second-order valence-corrected chi connectivity index (χ2v) is 14.8. The largest absolute Gasteiger partial charge is 0.480 e. The van der Waals surface area contributed by atoms with Crippen LogP contribution in [0.1, 0.15) is 70.5 Å². The fourth-order valence-electron chi connectivity index (χ4n) is 5.42. The molecule has 2 atom stereocenters. The number of carbonyl (C=O) groups excluding carboxylic acids is 1. The SMILES string of the molecule is CCSC[C@H](OCc1ccc(C(=O)N[C@@H](CCS(C)(=O)=O)C(=O)O)c(-c2ccccc2C)c1)c1ccc2c(c1)CCCC2. The molecule has 7 nitrogen and oxygen atoms in total. The van der Waals surface area contributed by atoms with Gasteiger partial charge in [0.1, 0.15) is 15.9 Å². The summed E-state index contributed by atoms with van der Waals surface area (Å²) in [6.07, 6.45) is 5.46. The first-order valence-corrected chi connectivity index (χ1v) is 18.0. The minimum Gasteiger partial charge on any atom is -0.480 e. The van der Waals surface area contributed by atoms with Crippen molar-refractivity contribution in [3.05, 3.63) is 94.0 Å². The number of hydrogen-bond donors (Lipinski definition) is 2. The number of fused-ring (bicyclic) bond motifs is 1. The molecule has 0 fully saturated rings. The monoisotopic (exact) mass is 623 g/mol. The maximum Gasteiger partial charge on any atom is 0.326 e. The third-order valence-corrected chi connectivity index (χ3v) is 9.74. The fourth-order valence-corrected chi connectivity index (χ4v) is 6.82. The van der Waals surface area contributed by atoms with E-state index in [9.17, 15) is 23.1 Å². The van der Waals surface area contributed by atoms with Crippen molar-refractivity contribution in [1.29, 1.82) is 0 Å². The van der Waals surface area contributed by atoms with E-state index in [1.165, 1.54) is 29.5 Å². The first-order chi connectivity index (χ1) is 20.6. The molecule has 0 heterocycles. The van der Waals surface area contributed by atoms with Gasteiger partial charge in [0.2, 0.25) is 0 Å². The summed E-state index contributed by atoms with van der Waals surface area (Å²) in [6, 6.07) is 18.6. The zero-order chi connectivity index (χ0) is 31.0. The van der Waals surface area contributed by atoms with Gasteiger partial charge in [-0.3, -0.25) is 4.79 Å². The Kier molecular flexibility index (Phi) is 11.5. The molecule has 1 aliphatic rings. The van der Waals surface area contributed by atoms with E-state index < -0.39 is 27.8 Å². The van der Waals surface area contributed by atoms with Gasteiger partial charge in [-0.05, 0) is 95.9 Å². The number of carboxylic acids is 1. The summed E-state index contributed by atoms with van der Waals surface area (Å²) in [7, 11) is -3.39. The van der Waals surface area contributed by atoms with E-state index in [0.717, 1.165) is 47.3 Å². The van der Waals surface area contributed by atoms with E-state index in [0.29, 0.717) is 17.7 Å². The number of rotatable bonds is 14. The predicted octanol–water partition coefficient (Wildman–Crippen LogP) is 6.17. The number of aliphatic carboxylic acids is 1. The summed E-state index contributed by atoms with van der Waals surface area (Å²) in [5, 5.41) is 12.2. The summed E-state index contributed by atoms with van der Waals surface area (Å²) < 4.78 is 29.8. The number of benzene rings is 3. The molecule has 1 aliphatic carbocycles. The van der Waals surface area contributed by atoms with Crippen molar-refractivity contribution in [2.75, 3.05) is 23.5 Å². The van der Waals surface area contributed by atoms with Gasteiger partial charge in [0.25, 0.3) is 5.91 Å². The molecule has 2 N–H and O–H groups in total. The van der Waals surface area contributed by atoms with Crippen LogP contribution in [0.2, 0.25) is 0 Å². The number of sulfone groups is 1. The number of ether oxygens (including phenoxy) is 1. The highest BCUT2D eigenvalue weighted by molar-refractivity contribution is 7.99. The van der Waals surface area contributed by atoms with Crippen molar-refractivity contribution in [1.82, 2.24) is 5.32 Å². The Morgan fingerprint density at radius 1 is 1.00 bits per heavy atom. The molecule has 4 rings (SSSR count). The first-order valence-electron chi connectivity index (χ1n) is 14.8. The summed E-state index contributed by atoms with van der Waals surface area (Å²) in [4.78, 5) is 25.3. The zero-order valence-electron chi connectivity index (χ0n) is 25.1. The van der Waals surface area contributed by atoms with Crippen LogP contribution in [0.3, 0.4) is 0 Å². The van der Waals surface area contributed by atoms with Crippen molar-refractivity contribution in [3.8, 4) is 11.1 Å². The molecule has 0 aliphatic heterocycles. The molecule has 1 amide bonds. The van der Waals surface area contributed by atoms with Crippen LogP contribution in [0.4, 0.5) is 0 Å². The molecule has 0 radical (unpaired) electrons. The van der Waals surface area contributed by atoms with Crippen LogP contribution in [0.15, 0.2) is 60.7 Å². The lowest BCUT2D eigenvalue weighted by atomic mass is 9.89. The Morgan fingerprint density at radius 2 is 1.74 bits per heavy atom. The molecule has 3 aromatic carbocycles. The quantitative estimate of drug-likeness (QED) is 0.221. The highest BCUT2D eigenvalue weighted by atomic mass is 32.2. The smallest absolute Gasteiger partial charge is 0.326 e. The molecule has 0 aromatic heterocycles. The molecule has 230 valence electrons. The Labute approximate surface area is 259 Å². The summed E-state index contributed by atoms with van der Waals surface area (Å²) in [5.41, 5.74) is 7.74. The Bertz CT molecular complexity index is 1550. The third-order valence-electron chi connectivity index (χ3n) is 7.81. The average molecular weight is 624 g/mol. The molecule has 0 bridgehead atoms. The van der Waals surface area contributed by atoms with Crippen molar-refractivity contribution in [3.63, 3.8) is 0 Å². The molecule has 43 heavy (non-hydrogen) atoms. The molecule has 0 saturated carbocycles. The van der Waals surface area contributed by atoms with Crippen LogP contribution in [0.25, 0.3) is 11.1 Å². The lowest BCUT2D eigenvalue weighted by Gasteiger charge is -2.22. The van der Waals surface area contributed by atoms with E-state index in [-0.39, 0.29) is 18.3 Å². The molecule has 0 saturated heterocycles. The molecule has 9 heteroatoms. The van der Waals surface area contributed by atoms with Gasteiger partial charge < -0.3 is 15.2 Å². The highest BCUT2D eigenvalue weighted by Crippen LogP contribution is 2.31. The van der Waals surface area contributed by atoms with Crippen LogP contribution in [-0.2, 0) is 38.8 Å². The number of hydrogen-bond acceptors (Lipinski definition) is 6. The lowest BCUT2D eigenvalue weighted by Crippen LogP contribution is -2.42. The minimum atomic E-state index is -3.39. The van der Waals surface area contributed by atoms with Crippen molar-refractivity contribution >= 4 is 33.5 Å². The minimum absolute atomic E-state index is 0.0757. The van der Waals surface area contributed by atoms with E-state index in [4.69, 9.17) is 4.74 Å². The van der Waals surface area contributed by atoms with Crippen molar-refractivity contribution < 1.29 is 27.9 Å². The van der Waals surface area contributed by atoms with Gasteiger partial charge in [-0.2, -0.15) is 11.8 Å². The van der Waals surface area contributed by atoms with Gasteiger partial charge in [0.05, 0.1) is 18.5 Å². The van der Waals surface area contributed by atoms with Crippen LogP contribution in [0, 0.1) is 6.92 Å². The molecular weight excluding hydrogens is 583 g/mol. The van der Waals surface area contributed by atoms with Crippen LogP contribution < -0.4 is 5.32 Å². The predicted molar refractivity (Wildman–Crippen MR) is 173 cm³/mol. The molecule has 0 unspecified atom stereocenters. The number of amides is 1. The third kappa shape index (κ3) is 9.17. The van der Waals surface area contributed by atoms with Gasteiger partial charge in [-0.1, -0.05) is 55.5 Å². The summed E-state index contributed by atoms with van der Waals surface area (Å²) >= 11 is 1.84. The van der Waals surface area contributed by atoms with Crippen molar-refractivity contribution in [2.45, 2.75) is 64.7 Å². The van der Waals surface area contributed by atoms with E-state index >= 15 is 0 Å². The summed E-state index contributed by atoms with van der Waals surface area (Å²) in [5.74, 6) is -0.360. The number of aryl methyl sites for hydroxylation is 3. The maximum absolute atomic E-state index is 13.4. The lowest BCUT2D eigenvalue weighted by molar-refractivity contribution is -0.139. The topological polar surface area (TPSA) is 110 Å². The van der Waals surface area contributed by atoms with Gasteiger partial charge in [-0.25, -0.2) is 13.2 Å². The second-order valence-electron chi connectivity index (χ2n) is 11.2. The number of thioether (sulfide) groups is 1. The zero-order valence-corrected chi connectivity index (χ0v) is 26.7. The Hall–Kier alpha value is -3.14. The summed E-state index contributed by atoms with van der Waals surface area (Å²) in [6.45, 7) is 4.45. The molecule has 3 aromatic rings. The van der Waals surface area contributed by atoms with Crippen LogP contribution >= 0.6 is 11.8 Å². The maximum atomic E-state index is 13.4. The first kappa shape index (κ1) is 32.8. The van der Waals surface area contributed by atoms with E-state index in [1.807, 2.05) is 55.1 Å². The van der Waals surface area contributed by atoms with Crippen LogP contribution in [-0.4, -0.2) is 55.0 Å². The number of carbonyl (C=O) groups is 2. The standard InChI is InChI=1S/C34H41NO6S2/c1-4-42-22-32(27-15-14-25-10-6-7-11-26(25)20-27)41-21-24-13-16-29(30(19-24)28-12-8-5-9-23(28)2)33(36)35-31(34(37)38)17-18-43(3,39)40/h5,8-9,12-16,19-20,31-32H,4,6-7,10-11,17-18,21-22H2,1-3H3,(H,35,36)(H,37,38)/t31-,32-/m0/s1. The van der Waals surface area contributed by atoms with Gasteiger partial charge in [0.15, 0.2) is 0 Å². The number of nitrogens with one attached hydrogen (secondary N) is 1. The van der Waals surface area contributed by atoms with Crippen LogP contribution in [0.5, 0.6) is 0 Å². The van der Waals surface area contributed by atoms with Gasteiger partial charge in [-0.15, -0.1) is 0 Å². The molecular formula is C34H41NO6S2. The molecule has 0 spiro atoms. The van der Waals surface area contributed by atoms with E-state index in [1.54, 1.807) is 6.07 Å². The van der Waals surface area contributed by atoms with E-state index in [2.05, 4.69) is 30.4 Å². The normalized spacial score (nSPS) is 14.5. The second kappa shape index (κ2) is 15.0. The van der Waals surface area contributed by atoms with Crippen molar-refractivity contribution in [2.24, 2.45) is 0 Å². The fraction of sp³-hybridized carbons (Fsp3) is 0.412. The van der Waals surface area contributed by atoms with Gasteiger partial charge >= 0.3 is 5.97 Å².